The molecule has 1 amide bonds. The summed E-state index contributed by atoms with van der Waals surface area (Å²) < 4.78 is 44.8. The first-order chi connectivity index (χ1) is 15.8. The number of anilines is 1. The molecule has 0 fully saturated rings. The van der Waals surface area contributed by atoms with Gasteiger partial charge in [-0.25, -0.2) is 8.42 Å². The van der Waals surface area contributed by atoms with E-state index in [2.05, 4.69) is 5.32 Å². The Hall–Kier alpha value is -3.11. The van der Waals surface area contributed by atoms with Crippen LogP contribution < -0.4 is 14.8 Å². The van der Waals surface area contributed by atoms with E-state index in [1.54, 1.807) is 48.5 Å². The van der Waals surface area contributed by atoms with Gasteiger partial charge in [0.2, 0.25) is 10.0 Å². The number of amides is 1. The maximum Gasteiger partial charge on any atom is 0.259 e. The molecule has 0 aromatic heterocycles. The summed E-state index contributed by atoms with van der Waals surface area (Å²) in [5.41, 5.74) is 0.519. The van der Waals surface area contributed by atoms with Gasteiger partial charge >= 0.3 is 0 Å². The van der Waals surface area contributed by atoms with Gasteiger partial charge in [0.1, 0.15) is 16.4 Å². The molecule has 10 heteroatoms. The first kappa shape index (κ1) is 23.1. The van der Waals surface area contributed by atoms with Crippen molar-refractivity contribution in [2.45, 2.75) is 4.90 Å². The summed E-state index contributed by atoms with van der Waals surface area (Å²) in [5.74, 6) is 0.293. The number of hydrogen-bond donors (Lipinski definition) is 1. The zero-order valence-corrected chi connectivity index (χ0v) is 19.4. The van der Waals surface area contributed by atoms with Crippen LogP contribution in [0.15, 0.2) is 65.6 Å². The number of nitrogens with zero attached hydrogens (tertiary/aromatic N) is 1. The van der Waals surface area contributed by atoms with Crippen LogP contribution in [0, 0.1) is 0 Å². The Morgan fingerprint density at radius 1 is 1.03 bits per heavy atom. The average Bonchev–Trinajstić information content (AvgIpc) is 2.93. The lowest BCUT2D eigenvalue weighted by molar-refractivity contribution is 0.102. The molecule has 172 valence electrons. The molecule has 1 N–H and O–H groups in total. The van der Waals surface area contributed by atoms with E-state index in [9.17, 15) is 13.2 Å². The standard InChI is InChI=1S/C23H21ClN2O6S/c1-26(11-12-30-2)33(28,29)22-13-15-20(14-21(22)31-18-9-5-3-7-16(18)24)32-19-10-6-4-8-17(19)25-23(15)27/h3-10,13-14H,11-12H2,1-2H3,(H,25,27). The molecule has 8 nitrogen and oxygen atoms in total. The van der Waals surface area contributed by atoms with Gasteiger partial charge in [-0.1, -0.05) is 35.9 Å². The predicted molar refractivity (Wildman–Crippen MR) is 124 cm³/mol. The number of para-hydroxylation sites is 3. The van der Waals surface area contributed by atoms with Crippen LogP contribution in [-0.2, 0) is 14.8 Å². The minimum atomic E-state index is -4.06. The van der Waals surface area contributed by atoms with Crippen molar-refractivity contribution < 1.29 is 27.4 Å². The normalized spacial score (nSPS) is 12.9. The summed E-state index contributed by atoms with van der Waals surface area (Å²) >= 11 is 6.23. The monoisotopic (exact) mass is 488 g/mol. The number of sulfonamides is 1. The molecule has 0 unspecified atom stereocenters. The second-order valence-electron chi connectivity index (χ2n) is 7.20. The minimum absolute atomic E-state index is 0.0294. The summed E-state index contributed by atoms with van der Waals surface area (Å²) in [6.45, 7) is 0.301. The summed E-state index contributed by atoms with van der Waals surface area (Å²) in [5, 5.41) is 3.04. The highest BCUT2D eigenvalue weighted by Crippen LogP contribution is 2.42. The molecule has 4 rings (SSSR count). The third-order valence-corrected chi connectivity index (χ3v) is 7.19. The summed E-state index contributed by atoms with van der Waals surface area (Å²) in [4.78, 5) is 12.7. The zero-order valence-electron chi connectivity index (χ0n) is 17.9. The first-order valence-corrected chi connectivity index (χ1v) is 11.8. The molecule has 0 saturated heterocycles. The van der Waals surface area contributed by atoms with Crippen molar-refractivity contribution in [1.29, 1.82) is 0 Å². The van der Waals surface area contributed by atoms with E-state index < -0.39 is 15.9 Å². The number of likely N-dealkylation sites (N-methyl/N-ethyl adjacent to an activating group) is 1. The van der Waals surface area contributed by atoms with Crippen LogP contribution in [0.25, 0.3) is 0 Å². The lowest BCUT2D eigenvalue weighted by Crippen LogP contribution is -2.30. The van der Waals surface area contributed by atoms with E-state index in [1.165, 1.54) is 26.3 Å². The van der Waals surface area contributed by atoms with Crippen molar-refractivity contribution >= 4 is 33.2 Å². The Kier molecular flexibility index (Phi) is 6.57. The molecule has 0 radical (unpaired) electrons. The van der Waals surface area contributed by atoms with Gasteiger partial charge in [0.15, 0.2) is 11.5 Å². The Morgan fingerprint density at radius 2 is 1.76 bits per heavy atom. The first-order valence-electron chi connectivity index (χ1n) is 9.95. The highest BCUT2D eigenvalue weighted by Gasteiger charge is 2.31. The van der Waals surface area contributed by atoms with E-state index in [4.69, 9.17) is 25.8 Å². The van der Waals surface area contributed by atoms with Gasteiger partial charge in [0.25, 0.3) is 5.91 Å². The third-order valence-electron chi connectivity index (χ3n) is 5.00. The fourth-order valence-corrected chi connectivity index (χ4v) is 4.65. The molecular formula is C23H21ClN2O6S. The second kappa shape index (κ2) is 9.40. The van der Waals surface area contributed by atoms with E-state index in [-0.39, 0.29) is 40.9 Å². The topological polar surface area (TPSA) is 94.2 Å². The highest BCUT2D eigenvalue weighted by atomic mass is 35.5. The maximum atomic E-state index is 13.4. The van der Waals surface area contributed by atoms with Crippen molar-refractivity contribution in [3.8, 4) is 23.0 Å². The lowest BCUT2D eigenvalue weighted by Gasteiger charge is -2.20. The van der Waals surface area contributed by atoms with Gasteiger partial charge in [-0.2, -0.15) is 4.31 Å². The second-order valence-corrected chi connectivity index (χ2v) is 9.62. The number of nitrogens with one attached hydrogen (secondary N) is 1. The Morgan fingerprint density at radius 3 is 2.52 bits per heavy atom. The number of ether oxygens (including phenoxy) is 3. The fourth-order valence-electron chi connectivity index (χ4n) is 3.21. The van der Waals surface area contributed by atoms with Crippen LogP contribution in [0.3, 0.4) is 0 Å². The Bertz CT molecular complexity index is 1310. The molecule has 1 aliphatic heterocycles. The summed E-state index contributed by atoms with van der Waals surface area (Å²) in [6, 6.07) is 16.2. The number of fused-ring (bicyclic) bond motifs is 2. The molecule has 0 saturated carbocycles. The molecule has 1 heterocycles. The van der Waals surface area contributed by atoms with Crippen LogP contribution in [0.4, 0.5) is 5.69 Å². The molecule has 0 atom stereocenters. The highest BCUT2D eigenvalue weighted by molar-refractivity contribution is 7.89. The van der Waals surface area contributed by atoms with Gasteiger partial charge in [0.05, 0.1) is 22.9 Å². The molecule has 33 heavy (non-hydrogen) atoms. The largest absolute Gasteiger partial charge is 0.454 e. The number of rotatable bonds is 7. The van der Waals surface area contributed by atoms with Crippen molar-refractivity contribution in [3.63, 3.8) is 0 Å². The minimum Gasteiger partial charge on any atom is -0.454 e. The van der Waals surface area contributed by atoms with Gasteiger partial charge in [0, 0.05) is 26.8 Å². The SMILES string of the molecule is COCCN(C)S(=O)(=O)c1cc2c(cc1Oc1ccccc1Cl)Oc1ccccc1NC2=O. The van der Waals surface area contributed by atoms with E-state index in [0.29, 0.717) is 16.5 Å². The quantitative estimate of drug-likeness (QED) is 0.515. The number of carbonyl (C=O) groups is 1. The number of benzene rings is 3. The van der Waals surface area contributed by atoms with Crippen molar-refractivity contribution in [2.75, 3.05) is 32.6 Å². The number of methoxy groups -OCH3 is 1. The number of halogens is 1. The van der Waals surface area contributed by atoms with Crippen LogP contribution in [0.5, 0.6) is 23.0 Å². The van der Waals surface area contributed by atoms with Crippen molar-refractivity contribution in [1.82, 2.24) is 4.31 Å². The molecule has 0 bridgehead atoms. The van der Waals surface area contributed by atoms with Crippen LogP contribution in [-0.4, -0.2) is 45.9 Å². The maximum absolute atomic E-state index is 13.4. The number of carbonyl (C=O) groups excluding carboxylic acids is 1. The van der Waals surface area contributed by atoms with Gasteiger partial charge in [-0.15, -0.1) is 0 Å². The van der Waals surface area contributed by atoms with Crippen LogP contribution in [0.1, 0.15) is 10.4 Å². The lowest BCUT2D eigenvalue weighted by atomic mass is 10.1. The van der Waals surface area contributed by atoms with E-state index >= 15 is 0 Å². The van der Waals surface area contributed by atoms with Gasteiger partial charge in [-0.3, -0.25) is 4.79 Å². The molecule has 1 aliphatic rings. The molecule has 3 aromatic rings. The average molecular weight is 489 g/mol. The van der Waals surface area contributed by atoms with Gasteiger partial charge in [-0.05, 0) is 30.3 Å². The Balaban J connectivity index is 1.87. The molecule has 0 spiro atoms. The summed E-state index contributed by atoms with van der Waals surface area (Å²) in [7, 11) is -1.16. The molecule has 3 aromatic carbocycles. The van der Waals surface area contributed by atoms with E-state index in [0.717, 1.165) is 4.31 Å². The van der Waals surface area contributed by atoms with Crippen LogP contribution >= 0.6 is 11.6 Å². The smallest absolute Gasteiger partial charge is 0.259 e. The van der Waals surface area contributed by atoms with Crippen LogP contribution in [0.2, 0.25) is 5.02 Å². The summed E-state index contributed by atoms with van der Waals surface area (Å²) in [6.07, 6.45) is 0. The Labute approximate surface area is 196 Å². The number of hydrogen-bond acceptors (Lipinski definition) is 6. The van der Waals surface area contributed by atoms with Crippen molar-refractivity contribution in [2.24, 2.45) is 0 Å². The van der Waals surface area contributed by atoms with Gasteiger partial charge < -0.3 is 19.5 Å². The fraction of sp³-hybridized carbons (Fsp3) is 0.174. The zero-order chi connectivity index (χ0) is 23.6. The van der Waals surface area contributed by atoms with E-state index in [1.807, 2.05) is 0 Å². The molecular weight excluding hydrogens is 468 g/mol. The third kappa shape index (κ3) is 4.67. The predicted octanol–water partition coefficient (Wildman–Crippen LogP) is 4.76. The molecule has 0 aliphatic carbocycles. The van der Waals surface area contributed by atoms with Crippen molar-refractivity contribution in [3.05, 3.63) is 71.2 Å².